The standard InChI is InChI=1S/C75H118O6/c1-4-7-10-13-16-19-22-25-28-30-32-33-34-35-36-37-38-39-40-41-43-44-47-50-53-56-59-62-65-68-74(77)80-71-72(70-79-73(76)67-64-61-58-55-52-49-46-27-24-21-18-15-12-9-6-3)81-75(78)69-66-63-60-57-54-51-48-45-42-31-29-26-23-20-17-14-11-8-5-2/h7-12,16-21,25-29,32-33,35-36,38-39,42,45-46,52,55,72H,4-6,13-15,22-24,30-31,34,37,40-41,43-44,47-51,53-54,56-71H2,1-3H3/b10-7-,11-8-,12-9-,19-16-,20-17-,21-18-,28-25-,29-26-,33-32-,36-35-,39-38-,45-42-,46-27-,55-52-. The average molecular weight is 1120 g/mol. The summed E-state index contributed by atoms with van der Waals surface area (Å²) >= 11 is 0. The minimum absolute atomic E-state index is 0.107. The molecule has 0 saturated heterocycles. The number of hydrogen-bond acceptors (Lipinski definition) is 6. The van der Waals surface area contributed by atoms with Crippen LogP contribution in [0.1, 0.15) is 265 Å². The molecule has 0 heterocycles. The molecular formula is C75H118O6. The van der Waals surface area contributed by atoms with E-state index in [1.54, 1.807) is 0 Å². The molecule has 0 rings (SSSR count). The summed E-state index contributed by atoms with van der Waals surface area (Å²) in [6.07, 6.45) is 99.3. The van der Waals surface area contributed by atoms with Crippen LogP contribution in [-0.4, -0.2) is 37.2 Å². The van der Waals surface area contributed by atoms with E-state index in [-0.39, 0.29) is 31.1 Å². The SMILES string of the molecule is CC/C=C\C/C=C\C/C=C\C/C=C\C/C=C\C/C=C\CCCCCCCCCCCCC(=O)OCC(COC(=O)CCCC/C=C\C/C=C\C/C=C\C/C=C\CC)OC(=O)CCCCCCCC/C=C\C/C=C\C/C=C\C/C=C\CC. The fourth-order valence-corrected chi connectivity index (χ4v) is 8.43. The van der Waals surface area contributed by atoms with E-state index in [0.29, 0.717) is 25.7 Å². The van der Waals surface area contributed by atoms with Crippen LogP contribution in [-0.2, 0) is 28.6 Å². The minimum Gasteiger partial charge on any atom is -0.462 e. The van der Waals surface area contributed by atoms with Gasteiger partial charge in [-0.05, 0) is 148 Å². The largest absolute Gasteiger partial charge is 0.462 e. The summed E-state index contributed by atoms with van der Waals surface area (Å²) in [5.74, 6) is -0.971. The second-order valence-corrected chi connectivity index (χ2v) is 20.9. The highest BCUT2D eigenvalue weighted by Gasteiger charge is 2.19. The van der Waals surface area contributed by atoms with E-state index in [1.807, 2.05) is 0 Å². The van der Waals surface area contributed by atoms with Gasteiger partial charge in [-0.25, -0.2) is 0 Å². The molecule has 0 fully saturated rings. The van der Waals surface area contributed by atoms with Crippen LogP contribution >= 0.6 is 0 Å². The number of carbonyl (C=O) groups excluding carboxylic acids is 3. The van der Waals surface area contributed by atoms with Crippen molar-refractivity contribution in [1.29, 1.82) is 0 Å². The third-order valence-electron chi connectivity index (χ3n) is 13.2. The van der Waals surface area contributed by atoms with Gasteiger partial charge >= 0.3 is 17.9 Å². The van der Waals surface area contributed by atoms with E-state index in [4.69, 9.17) is 14.2 Å². The predicted octanol–water partition coefficient (Wildman–Crippen LogP) is 22.7. The first-order valence-electron chi connectivity index (χ1n) is 32.6. The number of hydrogen-bond donors (Lipinski definition) is 0. The van der Waals surface area contributed by atoms with E-state index in [9.17, 15) is 14.4 Å². The number of esters is 3. The van der Waals surface area contributed by atoms with Crippen molar-refractivity contribution in [3.05, 3.63) is 170 Å². The molecule has 0 spiro atoms. The first-order valence-corrected chi connectivity index (χ1v) is 32.6. The first-order chi connectivity index (χ1) is 40.0. The predicted molar refractivity (Wildman–Crippen MR) is 352 cm³/mol. The molecule has 0 aliphatic carbocycles. The number of carbonyl (C=O) groups is 3. The molecule has 0 saturated carbocycles. The maximum absolute atomic E-state index is 12.9. The zero-order valence-electron chi connectivity index (χ0n) is 52.0. The van der Waals surface area contributed by atoms with Crippen LogP contribution in [0.2, 0.25) is 0 Å². The zero-order valence-corrected chi connectivity index (χ0v) is 52.0. The molecule has 1 atom stereocenters. The maximum Gasteiger partial charge on any atom is 0.306 e. The molecule has 6 nitrogen and oxygen atoms in total. The Morgan fingerprint density at radius 2 is 0.444 bits per heavy atom. The highest BCUT2D eigenvalue weighted by Crippen LogP contribution is 2.15. The molecule has 0 amide bonds. The Labute approximate surface area is 498 Å². The Bertz CT molecular complexity index is 1860. The molecule has 81 heavy (non-hydrogen) atoms. The Balaban J connectivity index is 4.41. The van der Waals surface area contributed by atoms with Gasteiger partial charge in [0, 0.05) is 19.3 Å². The monoisotopic (exact) mass is 1110 g/mol. The van der Waals surface area contributed by atoms with Gasteiger partial charge in [0.15, 0.2) is 6.10 Å². The summed E-state index contributed by atoms with van der Waals surface area (Å²) in [4.78, 5) is 38.4. The van der Waals surface area contributed by atoms with Gasteiger partial charge in [0.2, 0.25) is 0 Å². The molecule has 1 unspecified atom stereocenters. The molecule has 0 aliphatic heterocycles. The Morgan fingerprint density at radius 3 is 0.716 bits per heavy atom. The van der Waals surface area contributed by atoms with Gasteiger partial charge in [-0.1, -0.05) is 268 Å². The maximum atomic E-state index is 12.9. The van der Waals surface area contributed by atoms with Gasteiger partial charge < -0.3 is 14.2 Å². The van der Waals surface area contributed by atoms with Crippen molar-refractivity contribution in [3.8, 4) is 0 Å². The number of ether oxygens (including phenoxy) is 3. The summed E-state index contributed by atoms with van der Waals surface area (Å²) in [7, 11) is 0. The lowest BCUT2D eigenvalue weighted by Crippen LogP contribution is -2.30. The van der Waals surface area contributed by atoms with Crippen molar-refractivity contribution >= 4 is 17.9 Å². The van der Waals surface area contributed by atoms with Crippen LogP contribution in [0.5, 0.6) is 0 Å². The van der Waals surface area contributed by atoms with Crippen molar-refractivity contribution in [1.82, 2.24) is 0 Å². The van der Waals surface area contributed by atoms with Crippen LogP contribution in [0, 0.1) is 0 Å². The van der Waals surface area contributed by atoms with Crippen molar-refractivity contribution in [2.24, 2.45) is 0 Å². The molecule has 0 bridgehead atoms. The molecule has 0 aromatic carbocycles. The number of unbranched alkanes of at least 4 members (excludes halogenated alkanes) is 18. The van der Waals surface area contributed by atoms with E-state index >= 15 is 0 Å². The van der Waals surface area contributed by atoms with Gasteiger partial charge in [-0.2, -0.15) is 0 Å². The molecule has 0 aromatic heterocycles. The first kappa shape index (κ1) is 75.8. The van der Waals surface area contributed by atoms with E-state index in [0.717, 1.165) is 161 Å². The Morgan fingerprint density at radius 1 is 0.247 bits per heavy atom. The number of allylic oxidation sites excluding steroid dienone is 28. The molecule has 0 radical (unpaired) electrons. The molecule has 6 heteroatoms. The van der Waals surface area contributed by atoms with Crippen molar-refractivity contribution in [2.45, 2.75) is 271 Å². The third-order valence-corrected chi connectivity index (χ3v) is 13.2. The van der Waals surface area contributed by atoms with Gasteiger partial charge in [-0.3, -0.25) is 14.4 Å². The quantitative estimate of drug-likeness (QED) is 0.0261. The fraction of sp³-hybridized carbons (Fsp3) is 0.587. The van der Waals surface area contributed by atoms with E-state index in [2.05, 4.69) is 191 Å². The van der Waals surface area contributed by atoms with Gasteiger partial charge in [0.1, 0.15) is 13.2 Å². The van der Waals surface area contributed by atoms with Gasteiger partial charge in [0.05, 0.1) is 0 Å². The van der Waals surface area contributed by atoms with Gasteiger partial charge in [0.25, 0.3) is 0 Å². The summed E-state index contributed by atoms with van der Waals surface area (Å²) in [6, 6.07) is 0. The molecule has 0 aliphatic rings. The summed E-state index contributed by atoms with van der Waals surface area (Å²) < 4.78 is 16.9. The summed E-state index contributed by atoms with van der Waals surface area (Å²) in [5, 5.41) is 0. The lowest BCUT2D eigenvalue weighted by atomic mass is 10.1. The smallest absolute Gasteiger partial charge is 0.306 e. The topological polar surface area (TPSA) is 78.9 Å². The third kappa shape index (κ3) is 65.5. The van der Waals surface area contributed by atoms with Crippen LogP contribution in [0.15, 0.2) is 170 Å². The van der Waals surface area contributed by atoms with Crippen LogP contribution in [0.4, 0.5) is 0 Å². The molecule has 454 valence electrons. The lowest BCUT2D eigenvalue weighted by molar-refractivity contribution is -0.167. The van der Waals surface area contributed by atoms with Crippen LogP contribution in [0.25, 0.3) is 0 Å². The molecule has 0 N–H and O–H groups in total. The van der Waals surface area contributed by atoms with E-state index in [1.165, 1.54) is 57.8 Å². The van der Waals surface area contributed by atoms with Crippen LogP contribution in [0.3, 0.4) is 0 Å². The lowest BCUT2D eigenvalue weighted by Gasteiger charge is -2.18. The minimum atomic E-state index is -0.815. The number of rotatable bonds is 57. The van der Waals surface area contributed by atoms with E-state index < -0.39 is 6.10 Å². The average Bonchev–Trinajstić information content (AvgIpc) is 3.47. The Kier molecular flexibility index (Phi) is 62.9. The molecule has 0 aromatic rings. The van der Waals surface area contributed by atoms with Crippen molar-refractivity contribution in [2.75, 3.05) is 13.2 Å². The Hall–Kier alpha value is -5.23. The van der Waals surface area contributed by atoms with Crippen LogP contribution < -0.4 is 0 Å². The molecular weight excluding hydrogens is 997 g/mol. The summed E-state index contributed by atoms with van der Waals surface area (Å²) in [5.41, 5.74) is 0. The van der Waals surface area contributed by atoms with Crippen molar-refractivity contribution in [3.63, 3.8) is 0 Å². The zero-order chi connectivity index (χ0) is 58.5. The fourth-order valence-electron chi connectivity index (χ4n) is 8.43. The normalized spacial score (nSPS) is 13.3. The second kappa shape index (κ2) is 67.3. The summed E-state index contributed by atoms with van der Waals surface area (Å²) in [6.45, 7) is 6.24. The van der Waals surface area contributed by atoms with Crippen molar-refractivity contribution < 1.29 is 28.6 Å². The van der Waals surface area contributed by atoms with Gasteiger partial charge in [-0.15, -0.1) is 0 Å². The highest BCUT2D eigenvalue weighted by atomic mass is 16.6. The second-order valence-electron chi connectivity index (χ2n) is 20.9. The highest BCUT2D eigenvalue weighted by molar-refractivity contribution is 5.71.